The summed E-state index contributed by atoms with van der Waals surface area (Å²) in [5.41, 5.74) is 1.21. The van der Waals surface area contributed by atoms with Crippen LogP contribution in [0.4, 0.5) is 0 Å². The van der Waals surface area contributed by atoms with Crippen LogP contribution in [0.2, 0.25) is 0 Å². The number of carbonyl (C=O) groups is 1. The Labute approximate surface area is 95.0 Å². The van der Waals surface area contributed by atoms with E-state index in [1.54, 1.807) is 30.3 Å². The number of unbranched alkanes of at least 4 members (excludes halogenated alkanes) is 1. The first-order valence-electron chi connectivity index (χ1n) is 5.36. The molecule has 0 unspecified atom stereocenters. The third kappa shape index (κ3) is 3.77. The number of phenolic OH excluding ortho intramolecular Hbond substituents is 1. The van der Waals surface area contributed by atoms with Crippen LogP contribution in [0.1, 0.15) is 31.7 Å². The Hall–Kier alpha value is -1.77. The Morgan fingerprint density at radius 2 is 1.94 bits per heavy atom. The van der Waals surface area contributed by atoms with Crippen molar-refractivity contribution in [1.29, 1.82) is 0 Å². The van der Waals surface area contributed by atoms with E-state index in [9.17, 15) is 4.79 Å². The van der Waals surface area contributed by atoms with Gasteiger partial charge < -0.3 is 10.2 Å². The maximum Gasteiger partial charge on any atom is 0.331 e. The fourth-order valence-corrected chi connectivity index (χ4v) is 1.38. The molecule has 1 rings (SSSR count). The molecule has 2 N–H and O–H groups in total. The van der Waals surface area contributed by atoms with Crippen molar-refractivity contribution in [2.45, 2.75) is 26.2 Å². The molecule has 86 valence electrons. The molecule has 0 radical (unpaired) electrons. The second kappa shape index (κ2) is 5.95. The first kappa shape index (κ1) is 12.3. The van der Waals surface area contributed by atoms with Gasteiger partial charge in [-0.1, -0.05) is 25.5 Å². The number of aliphatic carboxylic acids is 1. The molecule has 0 aliphatic heterocycles. The molecule has 1 aromatic carbocycles. The van der Waals surface area contributed by atoms with Crippen LogP contribution in [-0.4, -0.2) is 16.2 Å². The molecule has 0 atom stereocenters. The number of benzene rings is 1. The van der Waals surface area contributed by atoms with Gasteiger partial charge in [0.25, 0.3) is 0 Å². The fourth-order valence-electron chi connectivity index (χ4n) is 1.38. The monoisotopic (exact) mass is 220 g/mol. The highest BCUT2D eigenvalue weighted by Gasteiger charge is 2.06. The molecule has 1 aromatic rings. The minimum atomic E-state index is -0.874. The summed E-state index contributed by atoms with van der Waals surface area (Å²) in [6.45, 7) is 2.03. The predicted molar refractivity (Wildman–Crippen MR) is 63.2 cm³/mol. The molecule has 0 amide bonds. The van der Waals surface area contributed by atoms with Crippen molar-refractivity contribution in [3.63, 3.8) is 0 Å². The molecule has 0 fully saturated rings. The van der Waals surface area contributed by atoms with Gasteiger partial charge in [-0.25, -0.2) is 4.79 Å². The van der Waals surface area contributed by atoms with Crippen molar-refractivity contribution in [2.24, 2.45) is 0 Å². The second-order valence-corrected chi connectivity index (χ2v) is 3.67. The molecule has 0 aliphatic carbocycles. The fraction of sp³-hybridized carbons (Fsp3) is 0.308. The van der Waals surface area contributed by atoms with Crippen LogP contribution in [0.15, 0.2) is 29.8 Å². The Morgan fingerprint density at radius 3 is 2.44 bits per heavy atom. The van der Waals surface area contributed by atoms with Gasteiger partial charge in [0.2, 0.25) is 0 Å². The van der Waals surface area contributed by atoms with Crippen molar-refractivity contribution in [2.75, 3.05) is 0 Å². The van der Waals surface area contributed by atoms with Gasteiger partial charge in [0.05, 0.1) is 0 Å². The molecule has 0 heterocycles. The lowest BCUT2D eigenvalue weighted by atomic mass is 10.1. The summed E-state index contributed by atoms with van der Waals surface area (Å²) in [5, 5.41) is 18.1. The molecule has 0 bridgehead atoms. The van der Waals surface area contributed by atoms with E-state index in [0.29, 0.717) is 12.0 Å². The third-order valence-electron chi connectivity index (χ3n) is 2.31. The van der Waals surface area contributed by atoms with Crippen molar-refractivity contribution >= 4 is 12.0 Å². The van der Waals surface area contributed by atoms with Crippen LogP contribution in [0, 0.1) is 0 Å². The Bertz CT molecular complexity index is 377. The summed E-state index contributed by atoms with van der Waals surface area (Å²) < 4.78 is 0. The van der Waals surface area contributed by atoms with E-state index in [1.165, 1.54) is 0 Å². The van der Waals surface area contributed by atoms with E-state index < -0.39 is 5.97 Å². The summed E-state index contributed by atoms with van der Waals surface area (Å²) in [5.74, 6) is -0.691. The number of carboxylic acids is 1. The van der Waals surface area contributed by atoms with Gasteiger partial charge in [-0.15, -0.1) is 0 Å². The summed E-state index contributed by atoms with van der Waals surface area (Å²) in [6.07, 6.45) is 4.07. The quantitative estimate of drug-likeness (QED) is 0.750. The predicted octanol–water partition coefficient (Wildman–Crippen LogP) is 3.05. The highest BCUT2D eigenvalue weighted by atomic mass is 16.4. The van der Waals surface area contributed by atoms with E-state index in [1.807, 2.05) is 6.92 Å². The minimum absolute atomic E-state index is 0.183. The number of hydrogen-bond acceptors (Lipinski definition) is 2. The number of aromatic hydroxyl groups is 1. The van der Waals surface area contributed by atoms with Crippen LogP contribution in [-0.2, 0) is 4.79 Å². The molecule has 0 aromatic heterocycles. The normalized spacial score (nSPS) is 11.4. The molecule has 0 spiro atoms. The van der Waals surface area contributed by atoms with Crippen LogP contribution in [0.25, 0.3) is 6.08 Å². The van der Waals surface area contributed by atoms with Crippen molar-refractivity contribution < 1.29 is 15.0 Å². The summed E-state index contributed by atoms with van der Waals surface area (Å²) >= 11 is 0. The van der Waals surface area contributed by atoms with E-state index in [4.69, 9.17) is 10.2 Å². The summed E-state index contributed by atoms with van der Waals surface area (Å²) in [7, 11) is 0. The highest BCUT2D eigenvalue weighted by molar-refractivity contribution is 5.92. The lowest BCUT2D eigenvalue weighted by Gasteiger charge is -2.01. The number of hydrogen-bond donors (Lipinski definition) is 2. The molecule has 0 aliphatic rings. The van der Waals surface area contributed by atoms with Gasteiger partial charge in [-0.2, -0.15) is 0 Å². The lowest BCUT2D eigenvalue weighted by Crippen LogP contribution is -2.00. The Kier molecular flexibility index (Phi) is 4.58. The van der Waals surface area contributed by atoms with Crippen LogP contribution < -0.4 is 0 Å². The maximum atomic E-state index is 11.0. The van der Waals surface area contributed by atoms with Gasteiger partial charge in [0.1, 0.15) is 5.75 Å². The largest absolute Gasteiger partial charge is 0.508 e. The minimum Gasteiger partial charge on any atom is -0.508 e. The smallest absolute Gasteiger partial charge is 0.331 e. The van der Waals surface area contributed by atoms with Gasteiger partial charge in [-0.3, -0.25) is 0 Å². The molecular weight excluding hydrogens is 204 g/mol. The zero-order valence-corrected chi connectivity index (χ0v) is 9.31. The van der Waals surface area contributed by atoms with Gasteiger partial charge in [0.15, 0.2) is 0 Å². The average molecular weight is 220 g/mol. The van der Waals surface area contributed by atoms with Crippen LogP contribution >= 0.6 is 0 Å². The van der Waals surface area contributed by atoms with E-state index >= 15 is 0 Å². The molecular formula is C13H16O3. The number of carboxylic acid groups (broad SMARTS) is 1. The van der Waals surface area contributed by atoms with E-state index in [0.717, 1.165) is 18.4 Å². The van der Waals surface area contributed by atoms with Gasteiger partial charge >= 0.3 is 5.97 Å². The van der Waals surface area contributed by atoms with Gasteiger partial charge in [-0.05, 0) is 36.6 Å². The molecule has 16 heavy (non-hydrogen) atoms. The molecule has 0 saturated carbocycles. The Balaban J connectivity index is 2.84. The maximum absolute atomic E-state index is 11.0. The third-order valence-corrected chi connectivity index (χ3v) is 2.31. The average Bonchev–Trinajstić information content (AvgIpc) is 2.26. The zero-order valence-electron chi connectivity index (χ0n) is 9.31. The SMILES string of the molecule is CCCCC(=Cc1ccc(O)cc1)C(=O)O. The molecule has 3 nitrogen and oxygen atoms in total. The topological polar surface area (TPSA) is 57.5 Å². The van der Waals surface area contributed by atoms with Crippen LogP contribution in [0.3, 0.4) is 0 Å². The molecule has 0 saturated heterocycles. The Morgan fingerprint density at radius 1 is 1.31 bits per heavy atom. The number of phenols is 1. The highest BCUT2D eigenvalue weighted by Crippen LogP contribution is 2.16. The second-order valence-electron chi connectivity index (χ2n) is 3.67. The van der Waals surface area contributed by atoms with Gasteiger partial charge in [0, 0.05) is 5.57 Å². The summed E-state index contributed by atoms with van der Waals surface area (Å²) in [6, 6.07) is 6.49. The van der Waals surface area contributed by atoms with Crippen molar-refractivity contribution in [3.05, 3.63) is 35.4 Å². The lowest BCUT2D eigenvalue weighted by molar-refractivity contribution is -0.132. The van der Waals surface area contributed by atoms with Crippen molar-refractivity contribution in [1.82, 2.24) is 0 Å². The summed E-state index contributed by atoms with van der Waals surface area (Å²) in [4.78, 5) is 11.0. The zero-order chi connectivity index (χ0) is 12.0. The first-order chi connectivity index (χ1) is 7.63. The standard InChI is InChI=1S/C13H16O3/c1-2-3-4-11(13(15)16)9-10-5-7-12(14)8-6-10/h5-9,14H,2-4H2,1H3,(H,15,16). The number of rotatable bonds is 5. The van der Waals surface area contributed by atoms with Crippen LogP contribution in [0.5, 0.6) is 5.75 Å². The molecule has 3 heteroatoms. The van der Waals surface area contributed by atoms with Crippen molar-refractivity contribution in [3.8, 4) is 5.75 Å². The first-order valence-corrected chi connectivity index (χ1v) is 5.36. The van der Waals surface area contributed by atoms with E-state index in [2.05, 4.69) is 0 Å². The van der Waals surface area contributed by atoms with E-state index in [-0.39, 0.29) is 5.75 Å².